The number of hydrogen-bond donors (Lipinski definition) is 2. The van der Waals surface area contributed by atoms with Gasteiger partial charge in [0.15, 0.2) is 5.96 Å². The van der Waals surface area contributed by atoms with E-state index in [1.807, 2.05) is 13.0 Å². The van der Waals surface area contributed by atoms with Crippen molar-refractivity contribution >= 4 is 17.6 Å². The highest BCUT2D eigenvalue weighted by molar-refractivity contribution is 6.30. The number of rotatable bonds is 7. The molecule has 0 aliphatic heterocycles. The molecule has 3 rings (SSSR count). The molecule has 3 aromatic rings. The Morgan fingerprint density at radius 3 is 2.73 bits per heavy atom. The maximum atomic E-state index is 12.6. The van der Waals surface area contributed by atoms with E-state index in [-0.39, 0.29) is 18.8 Å². The van der Waals surface area contributed by atoms with Gasteiger partial charge in [0.25, 0.3) is 0 Å². The Morgan fingerprint density at radius 2 is 2.00 bits per heavy atom. The lowest BCUT2D eigenvalue weighted by Crippen LogP contribution is -2.36. The number of aryl methyl sites for hydroxylation is 1. The number of alkyl halides is 2. The molecule has 0 aliphatic rings. The number of ether oxygens (including phenoxy) is 1. The van der Waals surface area contributed by atoms with Gasteiger partial charge in [-0.3, -0.25) is 4.99 Å². The lowest BCUT2D eigenvalue weighted by molar-refractivity contribution is -0.0504. The van der Waals surface area contributed by atoms with Gasteiger partial charge in [0, 0.05) is 29.7 Å². The molecule has 2 N–H and O–H groups in total. The first kappa shape index (κ1) is 21.5. The van der Waals surface area contributed by atoms with E-state index >= 15 is 0 Å². The zero-order valence-electron chi connectivity index (χ0n) is 16.3. The zero-order valence-corrected chi connectivity index (χ0v) is 17.1. The van der Waals surface area contributed by atoms with Crippen LogP contribution in [0.2, 0.25) is 5.02 Å². The number of hydrogen-bond acceptors (Lipinski definition) is 5. The van der Waals surface area contributed by atoms with Gasteiger partial charge in [-0.25, -0.2) is 0 Å². The Balaban J connectivity index is 1.59. The third-order valence-electron chi connectivity index (χ3n) is 4.06. The van der Waals surface area contributed by atoms with Gasteiger partial charge in [0.05, 0.1) is 6.54 Å². The van der Waals surface area contributed by atoms with Crippen molar-refractivity contribution in [2.24, 2.45) is 4.99 Å². The minimum atomic E-state index is -2.89. The fourth-order valence-electron chi connectivity index (χ4n) is 2.69. The molecule has 0 amide bonds. The summed E-state index contributed by atoms with van der Waals surface area (Å²) in [6.45, 7) is -0.562. The van der Waals surface area contributed by atoms with Gasteiger partial charge in [0.1, 0.15) is 5.75 Å². The Morgan fingerprint density at radius 1 is 1.20 bits per heavy atom. The van der Waals surface area contributed by atoms with Crippen LogP contribution in [0.4, 0.5) is 8.78 Å². The molecule has 0 saturated carbocycles. The first-order valence-corrected chi connectivity index (χ1v) is 9.40. The average Bonchev–Trinajstić information content (AvgIpc) is 3.19. The molecule has 1 heterocycles. The first-order valence-electron chi connectivity index (χ1n) is 9.02. The second kappa shape index (κ2) is 10.0. The summed E-state index contributed by atoms with van der Waals surface area (Å²) in [6.07, 6.45) is 0. The van der Waals surface area contributed by atoms with Crippen molar-refractivity contribution in [3.63, 3.8) is 0 Å². The smallest absolute Gasteiger partial charge is 0.387 e. The topological polar surface area (TPSA) is 84.6 Å². The molecular weight excluding hydrogens is 416 g/mol. The number of aliphatic imine (C=N–C) groups is 1. The maximum absolute atomic E-state index is 12.6. The lowest BCUT2D eigenvalue weighted by atomic mass is 10.1. The van der Waals surface area contributed by atoms with E-state index in [2.05, 4.69) is 30.5 Å². The van der Waals surface area contributed by atoms with Crippen LogP contribution in [-0.2, 0) is 13.1 Å². The Kier molecular flexibility index (Phi) is 7.18. The number of nitrogens with zero attached hydrogens (tertiary/aromatic N) is 3. The number of benzene rings is 2. The Bertz CT molecular complexity index is 1030. The average molecular weight is 436 g/mol. The molecule has 0 fully saturated rings. The van der Waals surface area contributed by atoms with Crippen LogP contribution in [0, 0.1) is 6.92 Å². The van der Waals surface area contributed by atoms with Crippen molar-refractivity contribution in [3.05, 3.63) is 64.5 Å². The van der Waals surface area contributed by atoms with Gasteiger partial charge < -0.3 is 19.9 Å². The number of aromatic nitrogens is 2. The fourth-order valence-corrected chi connectivity index (χ4v) is 2.88. The quantitative estimate of drug-likeness (QED) is 0.428. The van der Waals surface area contributed by atoms with Crippen LogP contribution >= 0.6 is 11.6 Å². The van der Waals surface area contributed by atoms with Gasteiger partial charge in [-0.15, -0.1) is 0 Å². The standard InChI is InChI=1S/C20H20ClF2N5O2/c1-12-6-7-16(29-19(22)23)14(8-12)10-25-20(24-2)26-11-17-27-18(28-30-17)13-4-3-5-15(21)9-13/h3-9,19H,10-11H2,1-2H3,(H2,24,25,26). The number of halogens is 3. The molecule has 158 valence electrons. The fraction of sp³-hybridized carbons (Fsp3) is 0.250. The summed E-state index contributed by atoms with van der Waals surface area (Å²) in [7, 11) is 1.59. The van der Waals surface area contributed by atoms with Gasteiger partial charge in [-0.2, -0.15) is 13.8 Å². The summed E-state index contributed by atoms with van der Waals surface area (Å²) in [4.78, 5) is 8.43. The summed E-state index contributed by atoms with van der Waals surface area (Å²) in [5.41, 5.74) is 2.25. The molecule has 0 saturated heterocycles. The van der Waals surface area contributed by atoms with Crippen LogP contribution in [0.15, 0.2) is 52.0 Å². The minimum absolute atomic E-state index is 0.113. The SMILES string of the molecule is CN=C(NCc1nc(-c2cccc(Cl)c2)no1)NCc1cc(C)ccc1OC(F)F. The van der Waals surface area contributed by atoms with E-state index in [1.165, 1.54) is 6.07 Å². The summed E-state index contributed by atoms with van der Waals surface area (Å²) < 4.78 is 35.0. The van der Waals surface area contributed by atoms with Crippen molar-refractivity contribution in [2.75, 3.05) is 7.05 Å². The number of nitrogens with one attached hydrogen (secondary N) is 2. The van der Waals surface area contributed by atoms with Crippen molar-refractivity contribution in [1.82, 2.24) is 20.8 Å². The summed E-state index contributed by atoms with van der Waals surface area (Å²) in [5, 5.41) is 10.6. The van der Waals surface area contributed by atoms with E-state index in [1.54, 1.807) is 37.4 Å². The van der Waals surface area contributed by atoms with Gasteiger partial charge >= 0.3 is 6.61 Å². The molecule has 2 aromatic carbocycles. The van der Waals surface area contributed by atoms with E-state index in [0.29, 0.717) is 28.3 Å². The molecule has 0 aliphatic carbocycles. The molecule has 0 radical (unpaired) electrons. The normalized spacial score (nSPS) is 11.6. The van der Waals surface area contributed by atoms with Crippen LogP contribution in [0.25, 0.3) is 11.4 Å². The highest BCUT2D eigenvalue weighted by atomic mass is 35.5. The molecule has 0 bridgehead atoms. The predicted octanol–water partition coefficient (Wildman–Crippen LogP) is 4.17. The first-order chi connectivity index (χ1) is 14.4. The molecule has 30 heavy (non-hydrogen) atoms. The number of guanidine groups is 1. The summed E-state index contributed by atoms with van der Waals surface area (Å²) in [6, 6.07) is 12.1. The maximum Gasteiger partial charge on any atom is 0.387 e. The van der Waals surface area contributed by atoms with Crippen molar-refractivity contribution in [1.29, 1.82) is 0 Å². The van der Waals surface area contributed by atoms with Crippen molar-refractivity contribution < 1.29 is 18.0 Å². The molecular formula is C20H20ClF2N5O2. The van der Waals surface area contributed by atoms with Gasteiger partial charge in [-0.1, -0.05) is 46.6 Å². The third-order valence-corrected chi connectivity index (χ3v) is 4.29. The second-order valence-electron chi connectivity index (χ2n) is 6.29. The van der Waals surface area contributed by atoms with Crippen LogP contribution in [0.1, 0.15) is 17.0 Å². The van der Waals surface area contributed by atoms with Crippen molar-refractivity contribution in [3.8, 4) is 17.1 Å². The summed E-state index contributed by atoms with van der Waals surface area (Å²) >= 11 is 5.98. The van der Waals surface area contributed by atoms with E-state index < -0.39 is 6.61 Å². The monoisotopic (exact) mass is 435 g/mol. The van der Waals surface area contributed by atoms with Crippen molar-refractivity contribution in [2.45, 2.75) is 26.6 Å². The highest BCUT2D eigenvalue weighted by Crippen LogP contribution is 2.22. The Hall–Kier alpha value is -3.20. The van der Waals surface area contributed by atoms with Crippen LogP contribution in [0.3, 0.4) is 0 Å². The third kappa shape index (κ3) is 5.90. The van der Waals surface area contributed by atoms with Crippen LogP contribution in [0.5, 0.6) is 5.75 Å². The van der Waals surface area contributed by atoms with E-state index in [0.717, 1.165) is 11.1 Å². The minimum Gasteiger partial charge on any atom is -0.434 e. The summed E-state index contributed by atoms with van der Waals surface area (Å²) in [5.74, 6) is 1.32. The molecule has 0 unspecified atom stereocenters. The van der Waals surface area contributed by atoms with Crippen LogP contribution < -0.4 is 15.4 Å². The van der Waals surface area contributed by atoms with Gasteiger partial charge in [-0.05, 0) is 25.1 Å². The van der Waals surface area contributed by atoms with E-state index in [4.69, 9.17) is 16.1 Å². The van der Waals surface area contributed by atoms with Crippen LogP contribution in [-0.4, -0.2) is 29.8 Å². The lowest BCUT2D eigenvalue weighted by Gasteiger charge is -2.14. The molecule has 0 atom stereocenters. The largest absolute Gasteiger partial charge is 0.434 e. The Labute approximate surface area is 177 Å². The highest BCUT2D eigenvalue weighted by Gasteiger charge is 2.12. The molecule has 10 heteroatoms. The predicted molar refractivity (Wildman–Crippen MR) is 110 cm³/mol. The zero-order chi connectivity index (χ0) is 21.5. The second-order valence-corrected chi connectivity index (χ2v) is 6.73. The molecule has 7 nitrogen and oxygen atoms in total. The van der Waals surface area contributed by atoms with Gasteiger partial charge in [0.2, 0.25) is 11.7 Å². The molecule has 0 spiro atoms. The molecule has 1 aromatic heterocycles. The van der Waals surface area contributed by atoms with E-state index in [9.17, 15) is 8.78 Å².